The zero-order valence-electron chi connectivity index (χ0n) is 21.5. The molecule has 40 heavy (non-hydrogen) atoms. The number of benzene rings is 2. The lowest BCUT2D eigenvalue weighted by atomic mass is 10.1. The topological polar surface area (TPSA) is 93.5 Å². The van der Waals surface area contributed by atoms with Crippen LogP contribution in [0.4, 0.5) is 13.2 Å². The number of unbranched alkanes of at least 4 members (excludes halogenated alkanes) is 1. The number of aliphatic hydroxyl groups is 2. The van der Waals surface area contributed by atoms with Crippen molar-refractivity contribution in [1.29, 1.82) is 0 Å². The fourth-order valence-corrected chi connectivity index (χ4v) is 4.27. The van der Waals surface area contributed by atoms with Gasteiger partial charge in [-0.1, -0.05) is 29.8 Å². The van der Waals surface area contributed by atoms with Crippen molar-refractivity contribution >= 4 is 23.8 Å². The number of hydrogen-bond donors (Lipinski definition) is 2. The van der Waals surface area contributed by atoms with Crippen molar-refractivity contribution in [3.8, 4) is 5.75 Å². The Morgan fingerprint density at radius 3 is 2.62 bits per heavy atom. The summed E-state index contributed by atoms with van der Waals surface area (Å²) >= 11 is 6.47. The van der Waals surface area contributed by atoms with Gasteiger partial charge >= 0.3 is 6.18 Å². The van der Waals surface area contributed by atoms with Crippen molar-refractivity contribution < 1.29 is 32.5 Å². The summed E-state index contributed by atoms with van der Waals surface area (Å²) in [5, 5.41) is 19.3. The van der Waals surface area contributed by atoms with Gasteiger partial charge in [-0.15, -0.1) is 0 Å². The van der Waals surface area contributed by atoms with Crippen molar-refractivity contribution in [3.05, 3.63) is 100 Å². The van der Waals surface area contributed by atoms with Crippen LogP contribution >= 0.6 is 11.6 Å². The Labute approximate surface area is 234 Å². The molecule has 0 aliphatic carbocycles. The van der Waals surface area contributed by atoms with E-state index in [9.17, 15) is 18.3 Å². The Kier molecular flexibility index (Phi) is 10.0. The highest BCUT2D eigenvalue weighted by atomic mass is 35.5. The first-order valence-electron chi connectivity index (χ1n) is 12.7. The number of ether oxygens (including phenoxy) is 1. The van der Waals surface area contributed by atoms with Gasteiger partial charge in [-0.25, -0.2) is 9.97 Å². The number of aromatic nitrogens is 3. The number of halogens is 4. The molecule has 1 atom stereocenters. The minimum Gasteiger partial charge on any atom is -0.487 e. The quantitative estimate of drug-likeness (QED) is 0.184. The molecule has 2 aromatic carbocycles. The van der Waals surface area contributed by atoms with Gasteiger partial charge in [-0.2, -0.15) is 13.2 Å². The van der Waals surface area contributed by atoms with Gasteiger partial charge in [0.15, 0.2) is 0 Å². The fourth-order valence-electron chi connectivity index (χ4n) is 4.00. The van der Waals surface area contributed by atoms with Gasteiger partial charge in [0.25, 0.3) is 0 Å². The molecule has 0 amide bonds. The molecule has 0 radical (unpaired) electrons. The number of hydrogen-bond acceptors (Lipinski definition) is 6. The van der Waals surface area contributed by atoms with Crippen LogP contribution in [0.25, 0.3) is 12.2 Å². The van der Waals surface area contributed by atoms with Crippen LogP contribution in [0, 0.1) is 0 Å². The zero-order chi connectivity index (χ0) is 28.5. The van der Waals surface area contributed by atoms with Crippen LogP contribution in [0.1, 0.15) is 46.9 Å². The molecule has 2 N–H and O–H groups in total. The molecular weight excluding hydrogens is 547 g/mol. The van der Waals surface area contributed by atoms with Crippen molar-refractivity contribution in [2.24, 2.45) is 0 Å². The van der Waals surface area contributed by atoms with E-state index in [0.717, 1.165) is 49.3 Å². The normalized spacial score (nSPS) is 12.8. The van der Waals surface area contributed by atoms with E-state index in [1.165, 1.54) is 18.4 Å². The molecule has 11 heteroatoms. The summed E-state index contributed by atoms with van der Waals surface area (Å²) in [6, 6.07) is 10.3. The number of nitrogens with zero attached hydrogens (tertiary/aromatic N) is 3. The molecule has 7 nitrogen and oxygen atoms in total. The summed E-state index contributed by atoms with van der Waals surface area (Å²) < 4.78 is 51.2. The third-order valence-corrected chi connectivity index (χ3v) is 6.51. The van der Waals surface area contributed by atoms with Crippen LogP contribution in [0.5, 0.6) is 5.75 Å². The second kappa shape index (κ2) is 13.6. The van der Waals surface area contributed by atoms with E-state index >= 15 is 0 Å². The highest BCUT2D eigenvalue weighted by Gasteiger charge is 2.29. The highest BCUT2D eigenvalue weighted by Crippen LogP contribution is 2.29. The summed E-state index contributed by atoms with van der Waals surface area (Å²) in [5.41, 5.74) is 1.44. The van der Waals surface area contributed by atoms with Crippen molar-refractivity contribution in [3.63, 3.8) is 0 Å². The Morgan fingerprint density at radius 1 is 1.10 bits per heavy atom. The van der Waals surface area contributed by atoms with E-state index in [-0.39, 0.29) is 13.2 Å². The average molecular weight is 576 g/mol. The predicted octanol–water partition coefficient (Wildman–Crippen LogP) is 6.21. The van der Waals surface area contributed by atoms with Crippen LogP contribution in [0.2, 0.25) is 5.02 Å². The van der Waals surface area contributed by atoms with Gasteiger partial charge in [-0.3, -0.25) is 0 Å². The van der Waals surface area contributed by atoms with Crippen LogP contribution in [-0.2, 0) is 32.2 Å². The maximum Gasteiger partial charge on any atom is 0.416 e. The first-order chi connectivity index (χ1) is 19.2. The molecule has 0 aliphatic rings. The third-order valence-electron chi connectivity index (χ3n) is 6.16. The maximum absolute atomic E-state index is 12.7. The lowest BCUT2D eigenvalue weighted by Gasteiger charge is -2.11. The Balaban J connectivity index is 1.22. The van der Waals surface area contributed by atoms with Gasteiger partial charge in [0, 0.05) is 36.5 Å². The molecule has 2 aromatic heterocycles. The van der Waals surface area contributed by atoms with Crippen LogP contribution < -0.4 is 4.74 Å². The summed E-state index contributed by atoms with van der Waals surface area (Å²) in [4.78, 5) is 8.56. The molecule has 0 bridgehead atoms. The van der Waals surface area contributed by atoms with Gasteiger partial charge in [0.2, 0.25) is 5.89 Å². The molecule has 212 valence electrons. The van der Waals surface area contributed by atoms with Gasteiger partial charge < -0.3 is 23.9 Å². The van der Waals surface area contributed by atoms with Crippen LogP contribution in [-0.4, -0.2) is 37.5 Å². The molecule has 2 heterocycles. The summed E-state index contributed by atoms with van der Waals surface area (Å²) in [6.45, 7) is 0.619. The van der Waals surface area contributed by atoms with Crippen LogP contribution in [0.3, 0.4) is 0 Å². The SMILES string of the molecule is OCC(O)Cc1nccn1CCCCc1ccc(OCc2coc(/C=C/c3ccc(C(F)(F)F)cc3)n2)cc1Cl. The Hall–Kier alpha value is -3.60. The number of alkyl halides is 3. The van der Waals surface area contributed by atoms with Gasteiger partial charge in [0.05, 0.1) is 18.3 Å². The molecule has 4 aromatic rings. The smallest absolute Gasteiger partial charge is 0.416 e. The Bertz CT molecular complexity index is 1400. The molecule has 1 unspecified atom stereocenters. The lowest BCUT2D eigenvalue weighted by molar-refractivity contribution is -0.137. The number of aliphatic hydroxyl groups excluding tert-OH is 2. The molecule has 0 saturated carbocycles. The number of aryl methyl sites for hydroxylation is 2. The standard InChI is InChI=1S/C29H29ClF3N3O4/c30-26-16-25(10-7-21(26)3-1-2-13-36-14-12-34-27(36)15-24(38)17-37)39-18-23-19-40-28(35-23)11-6-20-4-8-22(9-5-20)29(31,32)33/h4-12,14,16,19,24,37-38H,1-3,13,15,17-18H2/b11-6+. The number of imidazole rings is 1. The first-order valence-corrected chi connectivity index (χ1v) is 13.1. The first kappa shape index (κ1) is 29.4. The largest absolute Gasteiger partial charge is 0.487 e. The maximum atomic E-state index is 12.7. The van der Waals surface area contributed by atoms with Crippen molar-refractivity contribution in [1.82, 2.24) is 14.5 Å². The minimum absolute atomic E-state index is 0.158. The molecule has 0 saturated heterocycles. The average Bonchev–Trinajstić information content (AvgIpc) is 3.58. The van der Waals surface area contributed by atoms with Gasteiger partial charge in [-0.05, 0) is 60.7 Å². The van der Waals surface area contributed by atoms with E-state index in [1.807, 2.05) is 22.9 Å². The second-order valence-electron chi connectivity index (χ2n) is 9.21. The lowest BCUT2D eigenvalue weighted by Crippen LogP contribution is -2.18. The molecule has 0 aliphatic heterocycles. The summed E-state index contributed by atoms with van der Waals surface area (Å²) in [6.07, 6.45) is 5.92. The fraction of sp³-hybridized carbons (Fsp3) is 0.310. The van der Waals surface area contributed by atoms with Gasteiger partial charge in [0.1, 0.15) is 30.1 Å². The zero-order valence-corrected chi connectivity index (χ0v) is 22.3. The van der Waals surface area contributed by atoms with E-state index < -0.39 is 17.8 Å². The van der Waals surface area contributed by atoms with Crippen molar-refractivity contribution in [2.45, 2.75) is 51.1 Å². The predicted molar refractivity (Wildman–Crippen MR) is 145 cm³/mol. The highest BCUT2D eigenvalue weighted by molar-refractivity contribution is 6.31. The van der Waals surface area contributed by atoms with E-state index in [4.69, 9.17) is 25.9 Å². The van der Waals surface area contributed by atoms with E-state index in [1.54, 1.807) is 24.4 Å². The molecule has 0 fully saturated rings. The van der Waals surface area contributed by atoms with Crippen LogP contribution in [0.15, 0.2) is 65.5 Å². The molecule has 0 spiro atoms. The van der Waals surface area contributed by atoms with Crippen molar-refractivity contribution in [2.75, 3.05) is 6.61 Å². The number of rotatable bonds is 13. The van der Waals surface area contributed by atoms with E-state index in [2.05, 4.69) is 9.97 Å². The summed E-state index contributed by atoms with van der Waals surface area (Å²) in [7, 11) is 0. The molecule has 4 rings (SSSR count). The summed E-state index contributed by atoms with van der Waals surface area (Å²) in [5.74, 6) is 1.64. The van der Waals surface area contributed by atoms with E-state index in [0.29, 0.717) is 34.3 Å². The monoisotopic (exact) mass is 575 g/mol. The second-order valence-corrected chi connectivity index (χ2v) is 9.61. The number of oxazole rings is 1. The Morgan fingerprint density at radius 2 is 1.90 bits per heavy atom. The third kappa shape index (κ3) is 8.45. The molecular formula is C29H29ClF3N3O4. The minimum atomic E-state index is -4.37.